The molecule has 0 radical (unpaired) electrons. The zero-order valence-electron chi connectivity index (χ0n) is 8.34. The monoisotopic (exact) mass is 274 g/mol. The highest BCUT2D eigenvalue weighted by Crippen LogP contribution is 2.17. The predicted molar refractivity (Wildman–Crippen MR) is 59.6 cm³/mol. The zero-order valence-corrected chi connectivity index (χ0v) is 9.92. The molecular weight excluding hydrogens is 263 g/mol. The van der Waals surface area contributed by atoms with Crippen LogP contribution in [0.3, 0.4) is 0 Å². The van der Waals surface area contributed by atoms with Crippen LogP contribution in [0.15, 0.2) is 22.7 Å². The lowest BCUT2D eigenvalue weighted by Crippen LogP contribution is -2.30. The van der Waals surface area contributed by atoms with Gasteiger partial charge in [0.05, 0.1) is 11.0 Å². The lowest BCUT2D eigenvalue weighted by atomic mass is 10.2. The van der Waals surface area contributed by atoms with E-state index in [1.54, 1.807) is 24.1 Å². The third kappa shape index (κ3) is 3.97. The summed E-state index contributed by atoms with van der Waals surface area (Å²) in [4.78, 5) is 12.4. The molecule has 1 aromatic rings. The van der Waals surface area contributed by atoms with Gasteiger partial charge in [0, 0.05) is 6.54 Å². The molecule has 0 aromatic heterocycles. The van der Waals surface area contributed by atoms with Gasteiger partial charge in [0.1, 0.15) is 5.82 Å². The first-order valence-electron chi connectivity index (χ1n) is 4.40. The van der Waals surface area contributed by atoms with Crippen LogP contribution in [0.5, 0.6) is 0 Å². The Kier molecular flexibility index (Phi) is 4.23. The standard InChI is InChI=1S/C10H12BrFN2O/c1-14(6-10(13)15)5-7-2-3-9(12)8(11)4-7/h2-4H,5-6H2,1H3,(H2,13,15). The van der Waals surface area contributed by atoms with Gasteiger partial charge < -0.3 is 5.73 Å². The summed E-state index contributed by atoms with van der Waals surface area (Å²) in [5, 5.41) is 0. The van der Waals surface area contributed by atoms with Crippen molar-refractivity contribution in [3.8, 4) is 0 Å². The summed E-state index contributed by atoms with van der Waals surface area (Å²) < 4.78 is 13.3. The largest absolute Gasteiger partial charge is 0.369 e. The summed E-state index contributed by atoms with van der Waals surface area (Å²) in [6, 6.07) is 4.75. The quantitative estimate of drug-likeness (QED) is 0.905. The van der Waals surface area contributed by atoms with E-state index >= 15 is 0 Å². The molecule has 0 aliphatic heterocycles. The Morgan fingerprint density at radius 2 is 2.27 bits per heavy atom. The second-order valence-corrected chi connectivity index (χ2v) is 4.24. The number of hydrogen-bond acceptors (Lipinski definition) is 2. The molecule has 1 amide bonds. The number of benzene rings is 1. The fourth-order valence-corrected chi connectivity index (χ4v) is 1.70. The van der Waals surface area contributed by atoms with Crippen LogP contribution >= 0.6 is 15.9 Å². The van der Waals surface area contributed by atoms with Gasteiger partial charge in [-0.05, 0) is 40.7 Å². The molecule has 1 aromatic carbocycles. The second-order valence-electron chi connectivity index (χ2n) is 3.39. The van der Waals surface area contributed by atoms with E-state index in [2.05, 4.69) is 15.9 Å². The molecule has 0 atom stereocenters. The van der Waals surface area contributed by atoms with Gasteiger partial charge in [0.25, 0.3) is 0 Å². The van der Waals surface area contributed by atoms with Gasteiger partial charge in [-0.25, -0.2) is 4.39 Å². The molecule has 0 aliphatic rings. The van der Waals surface area contributed by atoms with Crippen LogP contribution in [0.4, 0.5) is 4.39 Å². The molecule has 15 heavy (non-hydrogen) atoms. The fraction of sp³-hybridized carbons (Fsp3) is 0.300. The maximum absolute atomic E-state index is 12.9. The summed E-state index contributed by atoms with van der Waals surface area (Å²) in [6.45, 7) is 0.747. The van der Waals surface area contributed by atoms with Gasteiger partial charge in [0.15, 0.2) is 0 Å². The summed E-state index contributed by atoms with van der Waals surface area (Å²) in [5.74, 6) is -0.671. The van der Waals surface area contributed by atoms with Crippen LogP contribution in [-0.4, -0.2) is 24.4 Å². The number of carbonyl (C=O) groups is 1. The normalized spacial score (nSPS) is 10.7. The number of rotatable bonds is 4. The minimum Gasteiger partial charge on any atom is -0.369 e. The average molecular weight is 275 g/mol. The summed E-state index contributed by atoms with van der Waals surface area (Å²) >= 11 is 3.10. The van der Waals surface area contributed by atoms with Crippen molar-refractivity contribution in [3.63, 3.8) is 0 Å². The minimum atomic E-state index is -0.376. The van der Waals surface area contributed by atoms with E-state index < -0.39 is 0 Å². The van der Waals surface area contributed by atoms with E-state index in [9.17, 15) is 9.18 Å². The number of primary amides is 1. The van der Waals surface area contributed by atoms with Crippen LogP contribution in [0.1, 0.15) is 5.56 Å². The summed E-state index contributed by atoms with van der Waals surface area (Å²) in [6.07, 6.45) is 0. The lowest BCUT2D eigenvalue weighted by molar-refractivity contribution is -0.118. The molecule has 0 bridgehead atoms. The van der Waals surface area contributed by atoms with Gasteiger partial charge in [-0.1, -0.05) is 6.07 Å². The predicted octanol–water partition coefficient (Wildman–Crippen LogP) is 1.51. The molecule has 0 unspecified atom stereocenters. The van der Waals surface area contributed by atoms with Crippen molar-refractivity contribution >= 4 is 21.8 Å². The highest BCUT2D eigenvalue weighted by molar-refractivity contribution is 9.10. The molecule has 2 N–H and O–H groups in total. The van der Waals surface area contributed by atoms with E-state index in [1.807, 2.05) is 0 Å². The Balaban J connectivity index is 2.64. The van der Waals surface area contributed by atoms with Crippen molar-refractivity contribution in [2.24, 2.45) is 5.73 Å². The third-order valence-corrected chi connectivity index (χ3v) is 2.47. The molecule has 0 aliphatic carbocycles. The van der Waals surface area contributed by atoms with Gasteiger partial charge in [-0.3, -0.25) is 9.69 Å². The van der Waals surface area contributed by atoms with Crippen molar-refractivity contribution in [2.75, 3.05) is 13.6 Å². The number of nitrogens with zero attached hydrogens (tertiary/aromatic N) is 1. The molecular formula is C10H12BrFN2O. The molecule has 0 saturated carbocycles. The smallest absolute Gasteiger partial charge is 0.231 e. The number of amides is 1. The third-order valence-electron chi connectivity index (χ3n) is 1.86. The summed E-state index contributed by atoms with van der Waals surface area (Å²) in [7, 11) is 1.78. The molecule has 0 spiro atoms. The highest BCUT2D eigenvalue weighted by atomic mass is 79.9. The SMILES string of the molecule is CN(CC(N)=O)Cc1ccc(F)c(Br)c1. The van der Waals surface area contributed by atoms with Crippen molar-refractivity contribution in [1.29, 1.82) is 0 Å². The van der Waals surface area contributed by atoms with Gasteiger partial charge in [-0.15, -0.1) is 0 Å². The molecule has 5 heteroatoms. The zero-order chi connectivity index (χ0) is 11.4. The van der Waals surface area contributed by atoms with E-state index in [0.29, 0.717) is 11.0 Å². The first kappa shape index (κ1) is 12.1. The Bertz CT molecular complexity index is 370. The fourth-order valence-electron chi connectivity index (χ4n) is 1.27. The first-order valence-corrected chi connectivity index (χ1v) is 5.19. The number of nitrogens with two attached hydrogens (primary N) is 1. The maximum Gasteiger partial charge on any atom is 0.231 e. The van der Waals surface area contributed by atoms with Gasteiger partial charge in [-0.2, -0.15) is 0 Å². The molecule has 1 rings (SSSR count). The second kappa shape index (κ2) is 5.23. The van der Waals surface area contributed by atoms with Crippen LogP contribution < -0.4 is 5.73 Å². The van der Waals surface area contributed by atoms with Crippen LogP contribution in [0, 0.1) is 5.82 Å². The van der Waals surface area contributed by atoms with Crippen molar-refractivity contribution < 1.29 is 9.18 Å². The topological polar surface area (TPSA) is 46.3 Å². The average Bonchev–Trinajstić information content (AvgIpc) is 2.10. The van der Waals surface area contributed by atoms with E-state index in [4.69, 9.17) is 5.73 Å². The van der Waals surface area contributed by atoms with Crippen LogP contribution in [-0.2, 0) is 11.3 Å². The number of carbonyl (C=O) groups excluding carboxylic acids is 1. The molecule has 82 valence electrons. The van der Waals surface area contributed by atoms with Crippen molar-refractivity contribution in [1.82, 2.24) is 4.90 Å². The Hall–Kier alpha value is -0.940. The van der Waals surface area contributed by atoms with Crippen LogP contribution in [0.25, 0.3) is 0 Å². The highest BCUT2D eigenvalue weighted by Gasteiger charge is 2.05. The molecule has 0 saturated heterocycles. The van der Waals surface area contributed by atoms with Gasteiger partial charge in [0.2, 0.25) is 5.91 Å². The Labute approximate surface area is 96.2 Å². The first-order chi connectivity index (χ1) is 6.99. The van der Waals surface area contributed by atoms with E-state index in [1.165, 1.54) is 6.07 Å². The van der Waals surface area contributed by atoms with E-state index in [-0.39, 0.29) is 18.3 Å². The Morgan fingerprint density at radius 3 is 2.80 bits per heavy atom. The lowest BCUT2D eigenvalue weighted by Gasteiger charge is -2.14. The number of likely N-dealkylation sites (N-methyl/N-ethyl adjacent to an activating group) is 1. The molecule has 0 fully saturated rings. The van der Waals surface area contributed by atoms with Crippen molar-refractivity contribution in [3.05, 3.63) is 34.1 Å². The molecule has 0 heterocycles. The molecule has 3 nitrogen and oxygen atoms in total. The number of hydrogen-bond donors (Lipinski definition) is 1. The Morgan fingerprint density at radius 1 is 1.60 bits per heavy atom. The van der Waals surface area contributed by atoms with Gasteiger partial charge >= 0.3 is 0 Å². The number of halogens is 2. The van der Waals surface area contributed by atoms with E-state index in [0.717, 1.165) is 5.56 Å². The van der Waals surface area contributed by atoms with Crippen molar-refractivity contribution in [2.45, 2.75) is 6.54 Å². The summed E-state index contributed by atoms with van der Waals surface area (Å²) in [5.41, 5.74) is 5.97. The minimum absolute atomic E-state index is 0.189. The van der Waals surface area contributed by atoms with Crippen LogP contribution in [0.2, 0.25) is 0 Å². The maximum atomic E-state index is 12.9.